The molecule has 5 nitrogen and oxygen atoms in total. The molecule has 0 fully saturated rings. The van der Waals surface area contributed by atoms with Crippen LogP contribution in [0.5, 0.6) is 0 Å². The Bertz CT molecular complexity index is 627. The first kappa shape index (κ1) is 16.8. The van der Waals surface area contributed by atoms with E-state index < -0.39 is 0 Å². The summed E-state index contributed by atoms with van der Waals surface area (Å²) < 4.78 is 0. The molecular formula is C15H19ClN4OS. The van der Waals surface area contributed by atoms with Crippen LogP contribution in [0.25, 0.3) is 0 Å². The number of halogens is 1. The van der Waals surface area contributed by atoms with E-state index in [-0.39, 0.29) is 11.2 Å². The van der Waals surface area contributed by atoms with E-state index >= 15 is 0 Å². The number of nitrogens with one attached hydrogen (secondary N) is 2. The quantitative estimate of drug-likeness (QED) is 0.786. The molecule has 2 N–H and O–H groups in total. The number of amides is 1. The van der Waals surface area contributed by atoms with Gasteiger partial charge in [0, 0.05) is 17.1 Å². The smallest absolute Gasteiger partial charge is 0.237 e. The third-order valence-corrected chi connectivity index (χ3v) is 4.09. The summed E-state index contributed by atoms with van der Waals surface area (Å²) in [6.07, 6.45) is 0.846. The molecule has 0 spiro atoms. The van der Waals surface area contributed by atoms with Crippen LogP contribution in [0.1, 0.15) is 26.6 Å². The highest BCUT2D eigenvalue weighted by Crippen LogP contribution is 2.21. The number of hydrogen-bond acceptors (Lipinski definition) is 4. The summed E-state index contributed by atoms with van der Waals surface area (Å²) in [5.74, 6) is 1.27. The highest BCUT2D eigenvalue weighted by molar-refractivity contribution is 8.00. The van der Waals surface area contributed by atoms with Crippen LogP contribution in [0, 0.1) is 5.92 Å². The van der Waals surface area contributed by atoms with Gasteiger partial charge in [-0.3, -0.25) is 9.89 Å². The third-order valence-electron chi connectivity index (χ3n) is 2.88. The van der Waals surface area contributed by atoms with Crippen molar-refractivity contribution in [1.29, 1.82) is 0 Å². The Labute approximate surface area is 139 Å². The predicted octanol–water partition coefficient (Wildman–Crippen LogP) is 3.78. The number of benzene rings is 1. The Balaban J connectivity index is 1.90. The van der Waals surface area contributed by atoms with E-state index in [4.69, 9.17) is 11.6 Å². The molecule has 1 amide bonds. The largest absolute Gasteiger partial charge is 0.325 e. The number of aromatic amines is 1. The molecule has 1 aromatic carbocycles. The topological polar surface area (TPSA) is 70.7 Å². The molecule has 2 rings (SSSR count). The Kier molecular flexibility index (Phi) is 5.85. The second-order valence-corrected chi connectivity index (χ2v) is 7.16. The van der Waals surface area contributed by atoms with Gasteiger partial charge < -0.3 is 5.32 Å². The highest BCUT2D eigenvalue weighted by atomic mass is 35.5. The minimum atomic E-state index is -0.293. The Morgan fingerprint density at radius 2 is 2.00 bits per heavy atom. The standard InChI is InChI=1S/C15H19ClN4OS/c1-9(2)8-13-18-15(20-19-13)22-10(3)14(21)17-12-6-4-11(16)5-7-12/h4-7,9-10H,8H2,1-3H3,(H,17,21)(H,18,19,20). The Morgan fingerprint density at radius 3 is 2.64 bits per heavy atom. The van der Waals surface area contributed by atoms with Gasteiger partial charge in [-0.05, 0) is 37.1 Å². The summed E-state index contributed by atoms with van der Waals surface area (Å²) in [6, 6.07) is 7.02. The zero-order valence-electron chi connectivity index (χ0n) is 12.8. The fourth-order valence-corrected chi connectivity index (χ4v) is 2.67. The van der Waals surface area contributed by atoms with Crippen molar-refractivity contribution < 1.29 is 4.79 Å². The lowest BCUT2D eigenvalue weighted by atomic mass is 10.1. The average Bonchev–Trinajstić information content (AvgIpc) is 2.87. The Morgan fingerprint density at radius 1 is 1.32 bits per heavy atom. The summed E-state index contributed by atoms with van der Waals surface area (Å²) in [7, 11) is 0. The van der Waals surface area contributed by atoms with Gasteiger partial charge in [0.2, 0.25) is 11.1 Å². The minimum Gasteiger partial charge on any atom is -0.325 e. The monoisotopic (exact) mass is 338 g/mol. The number of carbonyl (C=O) groups excluding carboxylic acids is 1. The maximum absolute atomic E-state index is 12.2. The first-order valence-electron chi connectivity index (χ1n) is 7.08. The number of rotatable bonds is 6. The summed E-state index contributed by atoms with van der Waals surface area (Å²) >= 11 is 7.15. The fraction of sp³-hybridized carbons (Fsp3) is 0.400. The molecule has 22 heavy (non-hydrogen) atoms. The molecule has 0 aliphatic carbocycles. The first-order chi connectivity index (χ1) is 10.4. The molecule has 1 aromatic heterocycles. The lowest BCUT2D eigenvalue weighted by molar-refractivity contribution is -0.115. The Hall–Kier alpha value is -1.53. The SMILES string of the molecule is CC(C)Cc1nc(SC(C)C(=O)Nc2ccc(Cl)cc2)n[nH]1. The molecule has 0 saturated heterocycles. The lowest BCUT2D eigenvalue weighted by Crippen LogP contribution is -2.22. The third kappa shape index (κ3) is 5.03. The van der Waals surface area contributed by atoms with Gasteiger partial charge in [-0.25, -0.2) is 4.98 Å². The molecule has 1 atom stereocenters. The summed E-state index contributed by atoms with van der Waals surface area (Å²) in [5.41, 5.74) is 0.720. The molecule has 0 saturated carbocycles. The maximum Gasteiger partial charge on any atom is 0.237 e. The van der Waals surface area contributed by atoms with Crippen molar-refractivity contribution in [2.45, 2.75) is 37.6 Å². The number of anilines is 1. The van der Waals surface area contributed by atoms with Gasteiger partial charge in [0.05, 0.1) is 5.25 Å². The maximum atomic E-state index is 12.2. The molecule has 1 unspecified atom stereocenters. The number of carbonyl (C=O) groups is 1. The molecular weight excluding hydrogens is 320 g/mol. The zero-order chi connectivity index (χ0) is 16.1. The van der Waals surface area contributed by atoms with Crippen LogP contribution in [0.3, 0.4) is 0 Å². The van der Waals surface area contributed by atoms with Crippen molar-refractivity contribution in [3.8, 4) is 0 Å². The van der Waals surface area contributed by atoms with Crippen molar-refractivity contribution in [2.24, 2.45) is 5.92 Å². The van der Waals surface area contributed by atoms with Gasteiger partial charge >= 0.3 is 0 Å². The average molecular weight is 339 g/mol. The predicted molar refractivity (Wildman–Crippen MR) is 90.3 cm³/mol. The van der Waals surface area contributed by atoms with Crippen LogP contribution in [0.2, 0.25) is 5.02 Å². The number of nitrogens with zero attached hydrogens (tertiary/aromatic N) is 2. The van der Waals surface area contributed by atoms with Crippen LogP contribution in [0.4, 0.5) is 5.69 Å². The first-order valence-corrected chi connectivity index (χ1v) is 8.34. The summed E-state index contributed by atoms with van der Waals surface area (Å²) in [6.45, 7) is 6.07. The lowest BCUT2D eigenvalue weighted by Gasteiger charge is -2.10. The van der Waals surface area contributed by atoms with Gasteiger partial charge in [-0.15, -0.1) is 5.10 Å². The molecule has 0 aliphatic heterocycles. The summed E-state index contributed by atoms with van der Waals surface area (Å²) in [5, 5.41) is 10.8. The van der Waals surface area contributed by atoms with E-state index in [1.165, 1.54) is 11.8 Å². The molecule has 0 bridgehead atoms. The van der Waals surface area contributed by atoms with Crippen LogP contribution < -0.4 is 5.32 Å². The van der Waals surface area contributed by atoms with Gasteiger partial charge in [0.15, 0.2) is 0 Å². The van der Waals surface area contributed by atoms with Crippen LogP contribution in [0.15, 0.2) is 29.4 Å². The summed E-state index contributed by atoms with van der Waals surface area (Å²) in [4.78, 5) is 16.5. The second kappa shape index (κ2) is 7.65. The number of H-pyrrole nitrogens is 1. The van der Waals surface area contributed by atoms with Crippen molar-refractivity contribution in [2.75, 3.05) is 5.32 Å². The molecule has 1 heterocycles. The van der Waals surface area contributed by atoms with E-state index in [1.807, 2.05) is 6.92 Å². The molecule has 0 radical (unpaired) electrons. The van der Waals surface area contributed by atoms with Gasteiger partial charge in [-0.1, -0.05) is 37.2 Å². The van der Waals surface area contributed by atoms with Gasteiger partial charge in [-0.2, -0.15) is 0 Å². The van der Waals surface area contributed by atoms with Crippen molar-refractivity contribution in [3.63, 3.8) is 0 Å². The van der Waals surface area contributed by atoms with E-state index in [0.717, 1.165) is 17.9 Å². The van der Waals surface area contributed by atoms with Gasteiger partial charge in [0.1, 0.15) is 5.82 Å². The van der Waals surface area contributed by atoms with E-state index in [1.54, 1.807) is 24.3 Å². The zero-order valence-corrected chi connectivity index (χ0v) is 14.3. The normalized spacial score (nSPS) is 12.4. The number of thioether (sulfide) groups is 1. The molecule has 0 aliphatic rings. The van der Waals surface area contributed by atoms with Crippen LogP contribution in [-0.2, 0) is 11.2 Å². The number of hydrogen-bond donors (Lipinski definition) is 2. The van der Waals surface area contributed by atoms with Crippen molar-refractivity contribution in [3.05, 3.63) is 35.1 Å². The number of aromatic nitrogens is 3. The second-order valence-electron chi connectivity index (χ2n) is 5.42. The van der Waals surface area contributed by atoms with Gasteiger partial charge in [0.25, 0.3) is 0 Å². The fourth-order valence-electron chi connectivity index (χ4n) is 1.80. The van der Waals surface area contributed by atoms with Crippen molar-refractivity contribution >= 4 is 35.0 Å². The van der Waals surface area contributed by atoms with Crippen LogP contribution in [-0.4, -0.2) is 26.3 Å². The van der Waals surface area contributed by atoms with Crippen LogP contribution >= 0.6 is 23.4 Å². The van der Waals surface area contributed by atoms with E-state index in [9.17, 15) is 4.79 Å². The molecule has 2 aromatic rings. The van der Waals surface area contributed by atoms with Crippen molar-refractivity contribution in [1.82, 2.24) is 15.2 Å². The van der Waals surface area contributed by atoms with E-state index in [0.29, 0.717) is 16.1 Å². The minimum absolute atomic E-state index is 0.0949. The van der Waals surface area contributed by atoms with E-state index in [2.05, 4.69) is 34.3 Å². The molecule has 7 heteroatoms. The highest BCUT2D eigenvalue weighted by Gasteiger charge is 2.17. The molecule has 118 valence electrons.